The third kappa shape index (κ3) is 5.99. The zero-order valence-corrected chi connectivity index (χ0v) is 12.3. The average molecular weight is 263 g/mol. The zero-order valence-electron chi connectivity index (χ0n) is 12.3. The van der Waals surface area contributed by atoms with Crippen molar-refractivity contribution in [3.05, 3.63) is 35.4 Å². The van der Waals surface area contributed by atoms with E-state index in [1.54, 1.807) is 7.11 Å². The number of ether oxygens (including phenoxy) is 1. The van der Waals surface area contributed by atoms with Crippen LogP contribution in [-0.4, -0.2) is 44.5 Å². The Bertz CT molecular complexity index is 373. The Kier molecular flexibility index (Phi) is 7.38. The molecule has 3 heteroatoms. The molecule has 0 aromatic heterocycles. The Morgan fingerprint density at radius 1 is 1.26 bits per heavy atom. The third-order valence-electron chi connectivity index (χ3n) is 3.12. The molecule has 0 atom stereocenters. The van der Waals surface area contributed by atoms with E-state index in [4.69, 9.17) is 4.74 Å². The Morgan fingerprint density at radius 3 is 2.53 bits per heavy atom. The second kappa shape index (κ2) is 8.83. The van der Waals surface area contributed by atoms with E-state index in [0.717, 1.165) is 38.0 Å². The van der Waals surface area contributed by atoms with Gasteiger partial charge in [-0.1, -0.05) is 37.6 Å². The van der Waals surface area contributed by atoms with E-state index in [9.17, 15) is 4.79 Å². The minimum Gasteiger partial charge on any atom is -0.385 e. The molecule has 0 aliphatic carbocycles. The van der Waals surface area contributed by atoms with Gasteiger partial charge in [-0.25, -0.2) is 0 Å². The molecule has 0 fully saturated rings. The van der Waals surface area contributed by atoms with E-state index in [2.05, 4.69) is 19.1 Å². The predicted octanol–water partition coefficient (Wildman–Crippen LogP) is 2.79. The number of rotatable bonds is 9. The summed E-state index contributed by atoms with van der Waals surface area (Å²) in [6, 6.07) is 8.00. The van der Waals surface area contributed by atoms with E-state index in [1.807, 2.05) is 24.1 Å². The minimum atomic E-state index is 0.183. The number of hydrogen-bond acceptors (Lipinski definition) is 3. The van der Waals surface area contributed by atoms with Gasteiger partial charge in [-0.15, -0.1) is 0 Å². The second-order valence-electron chi connectivity index (χ2n) is 4.95. The SMILES string of the molecule is CCCc1ccc(C(=O)CN(C)CCCOC)cc1. The molecule has 0 N–H and O–H groups in total. The van der Waals surface area contributed by atoms with Crippen molar-refractivity contribution in [3.63, 3.8) is 0 Å². The van der Waals surface area contributed by atoms with Crippen LogP contribution >= 0.6 is 0 Å². The third-order valence-corrected chi connectivity index (χ3v) is 3.12. The first-order chi connectivity index (χ1) is 9.17. The molecule has 0 radical (unpaired) electrons. The normalized spacial score (nSPS) is 10.9. The van der Waals surface area contributed by atoms with Crippen LogP contribution in [-0.2, 0) is 11.2 Å². The summed E-state index contributed by atoms with van der Waals surface area (Å²) < 4.78 is 5.01. The van der Waals surface area contributed by atoms with Crippen LogP contribution in [0.5, 0.6) is 0 Å². The molecule has 0 saturated heterocycles. The molecular formula is C16H25NO2. The number of Topliss-reactive ketones (excluding diaryl/α,β-unsaturated/α-hetero) is 1. The topological polar surface area (TPSA) is 29.5 Å². The van der Waals surface area contributed by atoms with Gasteiger partial charge < -0.3 is 4.74 Å². The van der Waals surface area contributed by atoms with Gasteiger partial charge in [-0.3, -0.25) is 9.69 Å². The summed E-state index contributed by atoms with van der Waals surface area (Å²) >= 11 is 0. The molecule has 106 valence electrons. The van der Waals surface area contributed by atoms with Gasteiger partial charge in [0.15, 0.2) is 5.78 Å². The van der Waals surface area contributed by atoms with Gasteiger partial charge in [0.2, 0.25) is 0 Å². The van der Waals surface area contributed by atoms with Crippen LogP contribution in [0, 0.1) is 0 Å². The Morgan fingerprint density at radius 2 is 1.95 bits per heavy atom. The summed E-state index contributed by atoms with van der Waals surface area (Å²) in [6.45, 7) is 4.25. The Labute approximate surface area is 116 Å². The van der Waals surface area contributed by atoms with Gasteiger partial charge in [0.25, 0.3) is 0 Å². The summed E-state index contributed by atoms with van der Waals surface area (Å²) in [5.41, 5.74) is 2.10. The van der Waals surface area contributed by atoms with Crippen LogP contribution in [0.15, 0.2) is 24.3 Å². The van der Waals surface area contributed by atoms with Crippen molar-refractivity contribution in [2.24, 2.45) is 0 Å². The van der Waals surface area contributed by atoms with E-state index in [-0.39, 0.29) is 5.78 Å². The summed E-state index contributed by atoms with van der Waals surface area (Å²) in [4.78, 5) is 14.1. The van der Waals surface area contributed by atoms with Crippen molar-refractivity contribution in [2.45, 2.75) is 26.2 Å². The van der Waals surface area contributed by atoms with Crippen molar-refractivity contribution in [3.8, 4) is 0 Å². The lowest BCUT2D eigenvalue weighted by molar-refractivity contribution is 0.0938. The molecule has 0 aliphatic rings. The molecule has 0 saturated carbocycles. The lowest BCUT2D eigenvalue weighted by Gasteiger charge is -2.15. The van der Waals surface area contributed by atoms with E-state index >= 15 is 0 Å². The van der Waals surface area contributed by atoms with Crippen molar-refractivity contribution in [2.75, 3.05) is 33.9 Å². The van der Waals surface area contributed by atoms with Gasteiger partial charge in [0.05, 0.1) is 6.54 Å². The summed E-state index contributed by atoms with van der Waals surface area (Å²) in [7, 11) is 3.67. The van der Waals surface area contributed by atoms with Gasteiger partial charge in [-0.05, 0) is 25.5 Å². The highest BCUT2D eigenvalue weighted by Crippen LogP contribution is 2.08. The van der Waals surface area contributed by atoms with E-state index < -0.39 is 0 Å². The maximum absolute atomic E-state index is 12.1. The van der Waals surface area contributed by atoms with Gasteiger partial charge in [-0.2, -0.15) is 0 Å². The molecule has 0 unspecified atom stereocenters. The molecule has 0 aliphatic heterocycles. The number of carbonyl (C=O) groups excluding carboxylic acids is 1. The number of aryl methyl sites for hydroxylation is 1. The first-order valence-corrected chi connectivity index (χ1v) is 6.97. The van der Waals surface area contributed by atoms with Crippen molar-refractivity contribution in [1.82, 2.24) is 4.90 Å². The fraction of sp³-hybridized carbons (Fsp3) is 0.562. The van der Waals surface area contributed by atoms with Crippen molar-refractivity contribution >= 4 is 5.78 Å². The first kappa shape index (κ1) is 15.9. The zero-order chi connectivity index (χ0) is 14.1. The molecule has 1 aromatic rings. The highest BCUT2D eigenvalue weighted by Gasteiger charge is 2.09. The quantitative estimate of drug-likeness (QED) is 0.507. The number of benzene rings is 1. The molecule has 0 bridgehead atoms. The summed E-state index contributed by atoms with van der Waals surface area (Å²) in [6.07, 6.45) is 3.16. The molecule has 19 heavy (non-hydrogen) atoms. The molecule has 0 heterocycles. The molecule has 1 aromatic carbocycles. The molecule has 1 rings (SSSR count). The number of hydrogen-bond donors (Lipinski definition) is 0. The Hall–Kier alpha value is -1.19. The maximum Gasteiger partial charge on any atom is 0.176 e. The maximum atomic E-state index is 12.1. The molecule has 3 nitrogen and oxygen atoms in total. The van der Waals surface area contributed by atoms with Crippen molar-refractivity contribution < 1.29 is 9.53 Å². The first-order valence-electron chi connectivity index (χ1n) is 6.97. The fourth-order valence-electron chi connectivity index (χ4n) is 2.04. The minimum absolute atomic E-state index is 0.183. The van der Waals surface area contributed by atoms with Crippen LogP contribution < -0.4 is 0 Å². The number of methoxy groups -OCH3 is 1. The largest absolute Gasteiger partial charge is 0.385 e. The second-order valence-corrected chi connectivity index (χ2v) is 4.95. The molecule has 0 amide bonds. The van der Waals surface area contributed by atoms with Crippen LogP contribution in [0.4, 0.5) is 0 Å². The van der Waals surface area contributed by atoms with E-state index in [0.29, 0.717) is 6.54 Å². The van der Waals surface area contributed by atoms with E-state index in [1.165, 1.54) is 5.56 Å². The van der Waals surface area contributed by atoms with Gasteiger partial charge >= 0.3 is 0 Å². The summed E-state index contributed by atoms with van der Waals surface area (Å²) in [5, 5.41) is 0. The number of carbonyl (C=O) groups is 1. The van der Waals surface area contributed by atoms with Gasteiger partial charge in [0.1, 0.15) is 0 Å². The van der Waals surface area contributed by atoms with Crippen LogP contribution in [0.25, 0.3) is 0 Å². The highest BCUT2D eigenvalue weighted by atomic mass is 16.5. The average Bonchev–Trinajstić information content (AvgIpc) is 2.40. The molecule has 0 spiro atoms. The van der Waals surface area contributed by atoms with Crippen LogP contribution in [0.1, 0.15) is 35.7 Å². The summed E-state index contributed by atoms with van der Waals surface area (Å²) in [5.74, 6) is 0.183. The smallest absolute Gasteiger partial charge is 0.176 e. The number of likely N-dealkylation sites (N-methyl/N-ethyl adjacent to an activating group) is 1. The molecular weight excluding hydrogens is 238 g/mol. The monoisotopic (exact) mass is 263 g/mol. The highest BCUT2D eigenvalue weighted by molar-refractivity contribution is 5.97. The van der Waals surface area contributed by atoms with Crippen LogP contribution in [0.2, 0.25) is 0 Å². The Balaban J connectivity index is 2.44. The van der Waals surface area contributed by atoms with Crippen LogP contribution in [0.3, 0.4) is 0 Å². The lowest BCUT2D eigenvalue weighted by Crippen LogP contribution is -2.27. The fourth-order valence-corrected chi connectivity index (χ4v) is 2.04. The number of nitrogens with zero attached hydrogens (tertiary/aromatic N) is 1. The standard InChI is InChI=1S/C16H25NO2/c1-4-6-14-7-9-15(10-8-14)16(18)13-17(2)11-5-12-19-3/h7-10H,4-6,11-13H2,1-3H3. The lowest BCUT2D eigenvalue weighted by atomic mass is 10.1. The van der Waals surface area contributed by atoms with Crippen molar-refractivity contribution in [1.29, 1.82) is 0 Å². The van der Waals surface area contributed by atoms with Gasteiger partial charge in [0, 0.05) is 25.8 Å². The number of ketones is 1. The predicted molar refractivity (Wildman–Crippen MR) is 78.8 cm³/mol.